The first-order valence-electron chi connectivity index (χ1n) is 5.46. The Kier molecular flexibility index (Phi) is 3.84. The zero-order valence-corrected chi connectivity index (χ0v) is 10.7. The number of carbonyl (C=O) groups excluding carboxylic acids is 1. The van der Waals surface area contributed by atoms with Gasteiger partial charge in [0.15, 0.2) is 0 Å². The van der Waals surface area contributed by atoms with E-state index in [0.29, 0.717) is 0 Å². The molecule has 2 heterocycles. The molecule has 1 fully saturated rings. The number of thiophene rings is 1. The average molecular weight is 259 g/mol. The highest BCUT2D eigenvalue weighted by Crippen LogP contribution is 2.26. The number of hydrogen-bond donors (Lipinski definition) is 2. The molecule has 0 radical (unpaired) electrons. The molecule has 0 spiro atoms. The minimum atomic E-state index is -0.0158. The van der Waals surface area contributed by atoms with Crippen molar-refractivity contribution in [3.05, 3.63) is 21.3 Å². The van der Waals surface area contributed by atoms with Crippen LogP contribution < -0.4 is 10.6 Å². The smallest absolute Gasteiger partial charge is 0.237 e. The second kappa shape index (κ2) is 5.17. The van der Waals surface area contributed by atoms with Gasteiger partial charge < -0.3 is 10.6 Å². The van der Waals surface area contributed by atoms with Crippen LogP contribution in [0.1, 0.15) is 30.7 Å². The third-order valence-electron chi connectivity index (χ3n) is 2.76. The molecule has 0 aromatic carbocycles. The highest BCUT2D eigenvalue weighted by Gasteiger charge is 2.23. The molecule has 2 rings (SSSR count). The molecule has 88 valence electrons. The lowest BCUT2D eigenvalue weighted by Crippen LogP contribution is -2.41. The predicted molar refractivity (Wildman–Crippen MR) is 66.9 cm³/mol. The number of amides is 1. The van der Waals surface area contributed by atoms with Crippen LogP contribution in [0.15, 0.2) is 12.1 Å². The van der Waals surface area contributed by atoms with E-state index in [-0.39, 0.29) is 18.0 Å². The van der Waals surface area contributed by atoms with Crippen molar-refractivity contribution in [2.75, 3.05) is 6.54 Å². The molecule has 0 saturated carbocycles. The van der Waals surface area contributed by atoms with E-state index in [1.54, 1.807) is 0 Å². The fraction of sp³-hybridized carbons (Fsp3) is 0.545. The maximum atomic E-state index is 11.8. The average Bonchev–Trinajstić information content (AvgIpc) is 2.87. The molecule has 1 amide bonds. The van der Waals surface area contributed by atoms with E-state index in [1.165, 1.54) is 11.3 Å². The minimum Gasteiger partial charge on any atom is -0.347 e. The highest BCUT2D eigenvalue weighted by molar-refractivity contribution is 7.16. The van der Waals surface area contributed by atoms with Gasteiger partial charge in [0, 0.05) is 4.88 Å². The van der Waals surface area contributed by atoms with Gasteiger partial charge in [0.05, 0.1) is 16.4 Å². The van der Waals surface area contributed by atoms with Crippen molar-refractivity contribution in [2.45, 2.75) is 31.8 Å². The molecule has 3 nitrogen and oxygen atoms in total. The van der Waals surface area contributed by atoms with E-state index in [1.807, 2.05) is 19.1 Å². The van der Waals surface area contributed by atoms with Gasteiger partial charge in [0.25, 0.3) is 0 Å². The van der Waals surface area contributed by atoms with Crippen LogP contribution in [0.4, 0.5) is 0 Å². The molecule has 2 atom stereocenters. The van der Waals surface area contributed by atoms with Crippen LogP contribution in [0.2, 0.25) is 4.34 Å². The third kappa shape index (κ3) is 2.75. The molecule has 0 bridgehead atoms. The summed E-state index contributed by atoms with van der Waals surface area (Å²) < 4.78 is 0.759. The Morgan fingerprint density at radius 1 is 1.69 bits per heavy atom. The number of hydrogen-bond acceptors (Lipinski definition) is 3. The Labute approximate surface area is 104 Å². The van der Waals surface area contributed by atoms with E-state index in [9.17, 15) is 4.79 Å². The quantitative estimate of drug-likeness (QED) is 0.874. The van der Waals surface area contributed by atoms with Crippen LogP contribution >= 0.6 is 22.9 Å². The fourth-order valence-corrected chi connectivity index (χ4v) is 2.92. The van der Waals surface area contributed by atoms with Crippen molar-refractivity contribution in [1.29, 1.82) is 0 Å². The van der Waals surface area contributed by atoms with Crippen LogP contribution in [0, 0.1) is 0 Å². The zero-order chi connectivity index (χ0) is 11.5. The van der Waals surface area contributed by atoms with Crippen LogP contribution in [0.3, 0.4) is 0 Å². The van der Waals surface area contributed by atoms with Crippen molar-refractivity contribution in [1.82, 2.24) is 10.6 Å². The number of nitrogens with one attached hydrogen (secondary N) is 2. The lowest BCUT2D eigenvalue weighted by Gasteiger charge is -2.15. The third-order valence-corrected chi connectivity index (χ3v) is 4.17. The largest absolute Gasteiger partial charge is 0.347 e. The van der Waals surface area contributed by atoms with E-state index >= 15 is 0 Å². The summed E-state index contributed by atoms with van der Waals surface area (Å²) in [6.45, 7) is 2.92. The zero-order valence-electron chi connectivity index (χ0n) is 9.13. The lowest BCUT2D eigenvalue weighted by atomic mass is 10.2. The van der Waals surface area contributed by atoms with Crippen molar-refractivity contribution in [3.63, 3.8) is 0 Å². The molecule has 2 N–H and O–H groups in total. The van der Waals surface area contributed by atoms with E-state index in [2.05, 4.69) is 10.6 Å². The first-order valence-corrected chi connectivity index (χ1v) is 6.65. The molecule has 5 heteroatoms. The number of halogens is 1. The monoisotopic (exact) mass is 258 g/mol. The molecular formula is C11H15ClN2OS. The molecule has 1 aliphatic rings. The fourth-order valence-electron chi connectivity index (χ4n) is 1.85. The number of rotatable bonds is 3. The number of carbonyl (C=O) groups is 1. The van der Waals surface area contributed by atoms with E-state index in [4.69, 9.17) is 11.6 Å². The Morgan fingerprint density at radius 3 is 3.06 bits per heavy atom. The van der Waals surface area contributed by atoms with Gasteiger partial charge in [-0.2, -0.15) is 0 Å². The molecule has 1 saturated heterocycles. The van der Waals surface area contributed by atoms with Gasteiger partial charge in [-0.1, -0.05) is 11.6 Å². The van der Waals surface area contributed by atoms with Crippen molar-refractivity contribution in [2.24, 2.45) is 0 Å². The normalized spacial score (nSPS) is 22.0. The Hall–Kier alpha value is -0.580. The second-order valence-corrected chi connectivity index (χ2v) is 5.77. The Morgan fingerprint density at radius 2 is 2.50 bits per heavy atom. The summed E-state index contributed by atoms with van der Waals surface area (Å²) in [5.74, 6) is 0.0922. The molecule has 1 aromatic rings. The molecule has 1 aromatic heterocycles. The molecular weight excluding hydrogens is 244 g/mol. The van der Waals surface area contributed by atoms with Gasteiger partial charge in [-0.3, -0.25) is 4.79 Å². The van der Waals surface area contributed by atoms with Crippen LogP contribution in [0.5, 0.6) is 0 Å². The summed E-state index contributed by atoms with van der Waals surface area (Å²) in [6.07, 6.45) is 2.01. The first-order chi connectivity index (χ1) is 7.66. The maximum Gasteiger partial charge on any atom is 0.237 e. The van der Waals surface area contributed by atoms with Crippen molar-refractivity contribution in [3.8, 4) is 0 Å². The Bertz CT molecular complexity index is 374. The first kappa shape index (κ1) is 11.9. The summed E-state index contributed by atoms with van der Waals surface area (Å²) in [6, 6.07) is 3.84. The van der Waals surface area contributed by atoms with Crippen LogP contribution in [-0.2, 0) is 4.79 Å². The molecule has 1 aliphatic heterocycles. The van der Waals surface area contributed by atoms with Gasteiger partial charge in [-0.15, -0.1) is 11.3 Å². The van der Waals surface area contributed by atoms with Gasteiger partial charge in [-0.05, 0) is 38.4 Å². The van der Waals surface area contributed by atoms with Gasteiger partial charge >= 0.3 is 0 Å². The Balaban J connectivity index is 1.91. The summed E-state index contributed by atoms with van der Waals surface area (Å²) in [5, 5.41) is 6.19. The van der Waals surface area contributed by atoms with Gasteiger partial charge in [0.1, 0.15) is 0 Å². The SMILES string of the molecule is CC(NC(=O)[C@@H]1CCCN1)c1ccc(Cl)s1. The molecule has 1 unspecified atom stereocenters. The summed E-state index contributed by atoms with van der Waals surface area (Å²) in [5.41, 5.74) is 0. The lowest BCUT2D eigenvalue weighted by molar-refractivity contribution is -0.123. The summed E-state index contributed by atoms with van der Waals surface area (Å²) in [4.78, 5) is 12.9. The summed E-state index contributed by atoms with van der Waals surface area (Å²) >= 11 is 7.37. The van der Waals surface area contributed by atoms with Gasteiger partial charge in [-0.25, -0.2) is 0 Å². The maximum absolute atomic E-state index is 11.8. The minimum absolute atomic E-state index is 0.0158. The predicted octanol–water partition coefficient (Wildman–Crippen LogP) is 2.33. The standard InChI is InChI=1S/C11H15ClN2OS/c1-7(9-4-5-10(12)16-9)14-11(15)8-3-2-6-13-8/h4-5,7-8,13H,2-3,6H2,1H3,(H,14,15)/t7?,8-/m0/s1. The summed E-state index contributed by atoms with van der Waals surface area (Å²) in [7, 11) is 0. The van der Waals surface area contributed by atoms with Crippen molar-refractivity contribution < 1.29 is 4.79 Å². The van der Waals surface area contributed by atoms with Crippen LogP contribution in [0.25, 0.3) is 0 Å². The van der Waals surface area contributed by atoms with Crippen LogP contribution in [-0.4, -0.2) is 18.5 Å². The van der Waals surface area contributed by atoms with Crippen molar-refractivity contribution >= 4 is 28.8 Å². The second-order valence-electron chi connectivity index (χ2n) is 4.02. The van der Waals surface area contributed by atoms with E-state index < -0.39 is 0 Å². The van der Waals surface area contributed by atoms with E-state index in [0.717, 1.165) is 28.6 Å². The highest BCUT2D eigenvalue weighted by atomic mass is 35.5. The molecule has 16 heavy (non-hydrogen) atoms. The topological polar surface area (TPSA) is 41.1 Å². The molecule has 0 aliphatic carbocycles. The van der Waals surface area contributed by atoms with Gasteiger partial charge in [0.2, 0.25) is 5.91 Å².